The van der Waals surface area contributed by atoms with Gasteiger partial charge in [0.15, 0.2) is 5.67 Å². The van der Waals surface area contributed by atoms with Crippen molar-refractivity contribution in [1.82, 2.24) is 5.32 Å². The van der Waals surface area contributed by atoms with Crippen molar-refractivity contribution in [2.75, 3.05) is 13.6 Å². The van der Waals surface area contributed by atoms with Crippen LogP contribution in [0, 0.1) is 6.92 Å². The van der Waals surface area contributed by atoms with E-state index >= 15 is 0 Å². The molecule has 1 rings (SSSR count). The van der Waals surface area contributed by atoms with Crippen molar-refractivity contribution in [2.45, 2.75) is 19.5 Å². The molecule has 68 valence electrons. The van der Waals surface area contributed by atoms with E-state index in [9.17, 15) is 4.39 Å². The van der Waals surface area contributed by atoms with Crippen LogP contribution in [0.2, 0.25) is 0 Å². The summed E-state index contributed by atoms with van der Waals surface area (Å²) >= 11 is 1.52. The van der Waals surface area contributed by atoms with E-state index < -0.39 is 5.67 Å². The highest BCUT2D eigenvalue weighted by molar-refractivity contribution is 7.12. The summed E-state index contributed by atoms with van der Waals surface area (Å²) in [6.07, 6.45) is 0. The maximum atomic E-state index is 13.8. The Balaban J connectivity index is 2.81. The Morgan fingerprint density at radius 3 is 2.67 bits per heavy atom. The van der Waals surface area contributed by atoms with E-state index in [1.54, 1.807) is 14.0 Å². The van der Waals surface area contributed by atoms with Gasteiger partial charge in [0.25, 0.3) is 0 Å². The van der Waals surface area contributed by atoms with Crippen LogP contribution in [0.15, 0.2) is 12.1 Å². The van der Waals surface area contributed by atoms with Gasteiger partial charge in [0.2, 0.25) is 0 Å². The van der Waals surface area contributed by atoms with E-state index in [2.05, 4.69) is 5.32 Å². The first-order valence-electron chi connectivity index (χ1n) is 3.97. The highest BCUT2D eigenvalue weighted by Crippen LogP contribution is 2.30. The summed E-state index contributed by atoms with van der Waals surface area (Å²) in [4.78, 5) is 1.96. The molecule has 0 fully saturated rings. The predicted octanol–water partition coefficient (Wildman–Crippen LogP) is 2.46. The van der Waals surface area contributed by atoms with E-state index in [-0.39, 0.29) is 0 Å². The predicted molar refractivity (Wildman–Crippen MR) is 51.4 cm³/mol. The van der Waals surface area contributed by atoms with E-state index in [1.165, 1.54) is 11.3 Å². The standard InChI is InChI=1S/C9H14FNS/c1-7-4-5-8(12-7)9(2,10)6-11-3/h4-5,11H,6H2,1-3H3. The average Bonchev–Trinajstić information content (AvgIpc) is 2.36. The smallest absolute Gasteiger partial charge is 0.154 e. The number of nitrogens with one attached hydrogen (secondary N) is 1. The number of rotatable bonds is 3. The highest BCUT2D eigenvalue weighted by atomic mass is 32.1. The normalized spacial score (nSPS) is 16.0. The number of aryl methyl sites for hydroxylation is 1. The van der Waals surface area contributed by atoms with Crippen molar-refractivity contribution in [3.05, 3.63) is 21.9 Å². The molecule has 0 saturated heterocycles. The van der Waals surface area contributed by atoms with Gasteiger partial charge < -0.3 is 5.32 Å². The lowest BCUT2D eigenvalue weighted by Gasteiger charge is -2.17. The van der Waals surface area contributed by atoms with Gasteiger partial charge in [0.1, 0.15) is 0 Å². The number of halogens is 1. The molecule has 1 atom stereocenters. The number of alkyl halides is 1. The van der Waals surface area contributed by atoms with Crippen LogP contribution in [0.1, 0.15) is 16.7 Å². The van der Waals surface area contributed by atoms with Gasteiger partial charge >= 0.3 is 0 Å². The second-order valence-electron chi connectivity index (χ2n) is 3.14. The summed E-state index contributed by atoms with van der Waals surface area (Å²) in [6, 6.07) is 3.81. The molecule has 0 saturated carbocycles. The van der Waals surface area contributed by atoms with E-state index in [0.29, 0.717) is 6.54 Å². The average molecular weight is 187 g/mol. The molecular weight excluding hydrogens is 173 g/mol. The lowest BCUT2D eigenvalue weighted by atomic mass is 10.1. The molecule has 0 bridgehead atoms. The molecule has 0 amide bonds. The van der Waals surface area contributed by atoms with Gasteiger partial charge in [-0.05, 0) is 33.0 Å². The Morgan fingerprint density at radius 2 is 2.25 bits per heavy atom. The molecule has 0 aliphatic carbocycles. The molecule has 1 aromatic heterocycles. The van der Waals surface area contributed by atoms with Crippen molar-refractivity contribution < 1.29 is 4.39 Å². The van der Waals surface area contributed by atoms with Crippen LogP contribution in [-0.2, 0) is 5.67 Å². The molecule has 0 aromatic carbocycles. The summed E-state index contributed by atoms with van der Waals surface area (Å²) in [7, 11) is 1.76. The minimum Gasteiger partial charge on any atom is -0.316 e. The third-order valence-electron chi connectivity index (χ3n) is 1.76. The van der Waals surface area contributed by atoms with Crippen molar-refractivity contribution in [1.29, 1.82) is 0 Å². The Labute approximate surface area is 76.6 Å². The zero-order valence-electron chi connectivity index (χ0n) is 7.65. The third-order valence-corrected chi connectivity index (χ3v) is 3.00. The molecule has 0 aliphatic heterocycles. The van der Waals surface area contributed by atoms with Crippen molar-refractivity contribution in [3.8, 4) is 0 Å². The summed E-state index contributed by atoms with van der Waals surface area (Å²) < 4.78 is 13.8. The quantitative estimate of drug-likeness (QED) is 0.766. The SMILES string of the molecule is CNCC(C)(F)c1ccc(C)s1. The van der Waals surface area contributed by atoms with Gasteiger partial charge in [-0.15, -0.1) is 11.3 Å². The van der Waals surface area contributed by atoms with Crippen LogP contribution in [0.25, 0.3) is 0 Å². The minimum absolute atomic E-state index is 0.368. The second kappa shape index (κ2) is 3.54. The third kappa shape index (κ3) is 2.05. The van der Waals surface area contributed by atoms with Gasteiger partial charge in [-0.25, -0.2) is 4.39 Å². The van der Waals surface area contributed by atoms with E-state index in [4.69, 9.17) is 0 Å². The molecule has 1 heterocycles. The Morgan fingerprint density at radius 1 is 1.58 bits per heavy atom. The monoisotopic (exact) mass is 187 g/mol. The maximum Gasteiger partial charge on any atom is 0.154 e. The Bertz CT molecular complexity index is 255. The fraction of sp³-hybridized carbons (Fsp3) is 0.556. The van der Waals surface area contributed by atoms with Gasteiger partial charge in [0, 0.05) is 16.3 Å². The first-order chi connectivity index (χ1) is 5.56. The van der Waals surface area contributed by atoms with Crippen molar-refractivity contribution >= 4 is 11.3 Å². The molecule has 12 heavy (non-hydrogen) atoms. The molecule has 3 heteroatoms. The Hall–Kier alpha value is -0.410. The molecule has 1 N–H and O–H groups in total. The summed E-state index contributed by atoms with van der Waals surface area (Å²) in [5.41, 5.74) is -1.23. The van der Waals surface area contributed by atoms with Crippen LogP contribution < -0.4 is 5.32 Å². The number of likely N-dealkylation sites (N-methyl/N-ethyl adjacent to an activating group) is 1. The van der Waals surface area contributed by atoms with Crippen LogP contribution in [-0.4, -0.2) is 13.6 Å². The largest absolute Gasteiger partial charge is 0.316 e. The minimum atomic E-state index is -1.23. The van der Waals surface area contributed by atoms with Crippen LogP contribution in [0.4, 0.5) is 4.39 Å². The van der Waals surface area contributed by atoms with E-state index in [1.807, 2.05) is 19.1 Å². The van der Waals surface area contributed by atoms with Crippen molar-refractivity contribution in [3.63, 3.8) is 0 Å². The zero-order chi connectivity index (χ0) is 9.19. The maximum absolute atomic E-state index is 13.8. The summed E-state index contributed by atoms with van der Waals surface area (Å²) in [5, 5.41) is 2.85. The molecular formula is C9H14FNS. The topological polar surface area (TPSA) is 12.0 Å². The van der Waals surface area contributed by atoms with Gasteiger partial charge in [-0.3, -0.25) is 0 Å². The van der Waals surface area contributed by atoms with Crippen LogP contribution in [0.5, 0.6) is 0 Å². The fourth-order valence-electron chi connectivity index (χ4n) is 1.13. The summed E-state index contributed by atoms with van der Waals surface area (Å²) in [5.74, 6) is 0. The van der Waals surface area contributed by atoms with Crippen LogP contribution >= 0.6 is 11.3 Å². The van der Waals surface area contributed by atoms with Crippen LogP contribution in [0.3, 0.4) is 0 Å². The number of hydrogen-bond acceptors (Lipinski definition) is 2. The lowest BCUT2D eigenvalue weighted by molar-refractivity contribution is 0.196. The van der Waals surface area contributed by atoms with Gasteiger partial charge in [0.05, 0.1) is 0 Å². The highest BCUT2D eigenvalue weighted by Gasteiger charge is 2.26. The molecule has 1 unspecified atom stereocenters. The fourth-order valence-corrected chi connectivity index (χ4v) is 2.04. The second-order valence-corrected chi connectivity index (χ2v) is 4.43. The summed E-state index contributed by atoms with van der Waals surface area (Å²) in [6.45, 7) is 3.96. The van der Waals surface area contributed by atoms with Crippen molar-refractivity contribution in [2.24, 2.45) is 0 Å². The first kappa shape index (κ1) is 9.68. The van der Waals surface area contributed by atoms with Gasteiger partial charge in [-0.1, -0.05) is 0 Å². The zero-order valence-corrected chi connectivity index (χ0v) is 8.46. The van der Waals surface area contributed by atoms with E-state index in [0.717, 1.165) is 9.75 Å². The van der Waals surface area contributed by atoms with Gasteiger partial charge in [-0.2, -0.15) is 0 Å². The molecule has 0 aliphatic rings. The Kier molecular flexibility index (Phi) is 2.85. The number of thiophene rings is 1. The molecule has 0 spiro atoms. The molecule has 1 aromatic rings. The first-order valence-corrected chi connectivity index (χ1v) is 4.78. The molecule has 1 nitrogen and oxygen atoms in total. The molecule has 0 radical (unpaired) electrons. The lowest BCUT2D eigenvalue weighted by Crippen LogP contribution is -2.28. The number of hydrogen-bond donors (Lipinski definition) is 1.